The van der Waals surface area contributed by atoms with E-state index < -0.39 is 10.1 Å². The molecule has 0 spiro atoms. The van der Waals surface area contributed by atoms with Gasteiger partial charge in [-0.1, -0.05) is 17.7 Å². The molecule has 0 atom stereocenters. The van der Waals surface area contributed by atoms with Crippen LogP contribution in [0.2, 0.25) is 0 Å². The Balaban J connectivity index is 0.000000220. The van der Waals surface area contributed by atoms with Gasteiger partial charge in [0, 0.05) is 0 Å². The zero-order valence-electron chi connectivity index (χ0n) is 13.2. The Labute approximate surface area is 132 Å². The molecule has 0 bridgehead atoms. The Morgan fingerprint density at radius 1 is 1.23 bits per heavy atom. The van der Waals surface area contributed by atoms with Crippen LogP contribution >= 0.6 is 0 Å². The third kappa shape index (κ3) is 6.02. The van der Waals surface area contributed by atoms with Crippen molar-refractivity contribution in [1.82, 2.24) is 0 Å². The molecule has 0 aliphatic carbocycles. The molecule has 0 unspecified atom stereocenters. The lowest BCUT2D eigenvalue weighted by molar-refractivity contribution is -0.933. The van der Waals surface area contributed by atoms with Crippen molar-refractivity contribution < 1.29 is 27.3 Å². The van der Waals surface area contributed by atoms with Crippen LogP contribution in [0.4, 0.5) is 0 Å². The van der Waals surface area contributed by atoms with Gasteiger partial charge in [0.25, 0.3) is 0 Å². The molecule has 1 heterocycles. The zero-order chi connectivity index (χ0) is 16.6. The highest BCUT2D eigenvalue weighted by Crippen LogP contribution is 2.10. The smallest absolute Gasteiger partial charge is 0.124 e. The molecular formula is C15H25NO5S. The second-order valence-electron chi connectivity index (χ2n) is 5.43. The fourth-order valence-electron chi connectivity index (χ4n) is 2.35. The van der Waals surface area contributed by atoms with Crippen LogP contribution in [-0.4, -0.2) is 68.6 Å². The van der Waals surface area contributed by atoms with Crippen LogP contribution in [0, 0.1) is 6.92 Å². The molecule has 1 aromatic carbocycles. The van der Waals surface area contributed by atoms with E-state index in [0.717, 1.165) is 49.4 Å². The highest BCUT2D eigenvalue weighted by molar-refractivity contribution is 7.85. The van der Waals surface area contributed by atoms with Gasteiger partial charge in [-0.05, 0) is 26.0 Å². The summed E-state index contributed by atoms with van der Waals surface area (Å²) >= 11 is 0. The second-order valence-corrected chi connectivity index (χ2v) is 6.81. The summed E-state index contributed by atoms with van der Waals surface area (Å²) in [6, 6.07) is 5.78. The van der Waals surface area contributed by atoms with Crippen molar-refractivity contribution in [3.05, 3.63) is 29.8 Å². The van der Waals surface area contributed by atoms with Crippen LogP contribution in [0.25, 0.3) is 0 Å². The molecule has 0 aromatic heterocycles. The fourth-order valence-corrected chi connectivity index (χ4v) is 2.81. The number of nitrogens with zero attached hydrogens (tertiary/aromatic N) is 1. The van der Waals surface area contributed by atoms with E-state index in [4.69, 9.17) is 9.84 Å². The molecule has 1 fully saturated rings. The number of hydrogen-bond donors (Lipinski definition) is 1. The van der Waals surface area contributed by atoms with Gasteiger partial charge in [0.1, 0.15) is 29.8 Å². The van der Waals surface area contributed by atoms with Gasteiger partial charge in [-0.3, -0.25) is 0 Å². The normalized spacial score (nSPS) is 17.5. The van der Waals surface area contributed by atoms with Crippen molar-refractivity contribution in [2.45, 2.75) is 18.7 Å². The number of aliphatic hydroxyl groups excluding tert-OH is 1. The molecule has 7 heteroatoms. The summed E-state index contributed by atoms with van der Waals surface area (Å²) in [5.74, 6) is 0. The van der Waals surface area contributed by atoms with Crippen molar-refractivity contribution in [2.75, 3.05) is 46.0 Å². The van der Waals surface area contributed by atoms with E-state index >= 15 is 0 Å². The monoisotopic (exact) mass is 331 g/mol. The van der Waals surface area contributed by atoms with Gasteiger partial charge < -0.3 is 18.9 Å². The van der Waals surface area contributed by atoms with Crippen LogP contribution in [0.3, 0.4) is 0 Å². The molecule has 0 radical (unpaired) electrons. The van der Waals surface area contributed by atoms with Crippen molar-refractivity contribution in [3.8, 4) is 0 Å². The number of rotatable bonds is 4. The van der Waals surface area contributed by atoms with Crippen molar-refractivity contribution in [1.29, 1.82) is 0 Å². The first kappa shape index (κ1) is 19.1. The summed E-state index contributed by atoms with van der Waals surface area (Å²) in [6.45, 7) is 10.1. The maximum atomic E-state index is 10.4. The maximum absolute atomic E-state index is 10.4. The van der Waals surface area contributed by atoms with Crippen LogP contribution in [0.1, 0.15) is 12.5 Å². The highest BCUT2D eigenvalue weighted by Gasteiger charge is 2.27. The summed E-state index contributed by atoms with van der Waals surface area (Å²) in [7, 11) is -4.27. The molecule has 0 amide bonds. The largest absolute Gasteiger partial charge is 0.744 e. The number of likely N-dealkylation sites (N-methyl/N-ethyl adjacent to an activating group) is 1. The van der Waals surface area contributed by atoms with Gasteiger partial charge in [0.05, 0.1) is 31.3 Å². The topological polar surface area (TPSA) is 86.7 Å². The highest BCUT2D eigenvalue weighted by atomic mass is 32.2. The average molecular weight is 331 g/mol. The summed E-state index contributed by atoms with van der Waals surface area (Å²) in [6.07, 6.45) is 0. The number of benzene rings is 1. The van der Waals surface area contributed by atoms with E-state index in [2.05, 4.69) is 6.92 Å². The van der Waals surface area contributed by atoms with E-state index in [1.165, 1.54) is 12.1 Å². The summed E-state index contributed by atoms with van der Waals surface area (Å²) < 4.78 is 37.5. The molecular weight excluding hydrogens is 306 g/mol. The first-order valence-corrected chi connectivity index (χ1v) is 8.80. The molecule has 1 aliphatic heterocycles. The summed E-state index contributed by atoms with van der Waals surface area (Å²) in [5.41, 5.74) is 0.928. The fraction of sp³-hybridized carbons (Fsp3) is 0.600. The van der Waals surface area contributed by atoms with Gasteiger partial charge in [0.2, 0.25) is 0 Å². The number of ether oxygens (including phenoxy) is 1. The molecule has 1 N–H and O–H groups in total. The lowest BCUT2D eigenvalue weighted by atomic mass is 10.2. The molecule has 1 aromatic rings. The van der Waals surface area contributed by atoms with Crippen molar-refractivity contribution in [3.63, 3.8) is 0 Å². The van der Waals surface area contributed by atoms with Gasteiger partial charge >= 0.3 is 0 Å². The maximum Gasteiger partial charge on any atom is 0.124 e. The Bertz CT molecular complexity index is 530. The van der Waals surface area contributed by atoms with E-state index in [-0.39, 0.29) is 4.90 Å². The predicted molar refractivity (Wildman–Crippen MR) is 82.4 cm³/mol. The Kier molecular flexibility index (Phi) is 7.44. The van der Waals surface area contributed by atoms with E-state index in [1.54, 1.807) is 12.1 Å². The first-order chi connectivity index (χ1) is 10.3. The summed E-state index contributed by atoms with van der Waals surface area (Å²) in [5, 5.41) is 8.86. The lowest BCUT2D eigenvalue weighted by Gasteiger charge is -2.40. The molecule has 1 aliphatic rings. The number of morpholine rings is 1. The third-order valence-corrected chi connectivity index (χ3v) is 4.82. The molecule has 2 rings (SSSR count). The van der Waals surface area contributed by atoms with Gasteiger partial charge in [-0.25, -0.2) is 8.42 Å². The van der Waals surface area contributed by atoms with E-state index in [1.807, 2.05) is 6.92 Å². The van der Waals surface area contributed by atoms with Crippen LogP contribution < -0.4 is 0 Å². The molecule has 0 saturated carbocycles. The SMILES string of the molecule is CC[N+]1(CCO)CCOCC1.Cc1ccc(S(=O)(=O)[O-])cc1. The minimum Gasteiger partial charge on any atom is -0.744 e. The standard InChI is InChI=1S/C8H18NO2.C7H8O3S/c1-2-9(3-6-10)4-7-11-8-5-9;1-6-2-4-7(5-3-6)11(8,9)10/h10H,2-8H2,1H3;2-5H,1H3,(H,8,9,10)/q+1;/p-1. The average Bonchev–Trinajstić information content (AvgIpc) is 2.49. The van der Waals surface area contributed by atoms with Crippen LogP contribution in [0.5, 0.6) is 0 Å². The Hall–Kier alpha value is -0.990. The van der Waals surface area contributed by atoms with Gasteiger partial charge in [0.15, 0.2) is 0 Å². The minimum atomic E-state index is -4.27. The number of aryl methyl sites for hydroxylation is 1. The third-order valence-electron chi connectivity index (χ3n) is 3.97. The minimum absolute atomic E-state index is 0.178. The second kappa shape index (κ2) is 8.59. The first-order valence-electron chi connectivity index (χ1n) is 7.39. The molecule has 22 heavy (non-hydrogen) atoms. The predicted octanol–water partition coefficient (Wildman–Crippen LogP) is 0.745. The lowest BCUT2D eigenvalue weighted by Crippen LogP contribution is -2.56. The number of aliphatic hydroxyl groups is 1. The molecule has 126 valence electrons. The quantitative estimate of drug-likeness (QED) is 0.650. The summed E-state index contributed by atoms with van der Waals surface area (Å²) in [4.78, 5) is -0.178. The molecule has 1 saturated heterocycles. The number of quaternary nitrogens is 1. The Morgan fingerprint density at radius 2 is 1.77 bits per heavy atom. The van der Waals surface area contributed by atoms with Gasteiger partial charge in [-0.2, -0.15) is 0 Å². The van der Waals surface area contributed by atoms with E-state index in [0.29, 0.717) is 6.61 Å². The van der Waals surface area contributed by atoms with Gasteiger partial charge in [-0.15, -0.1) is 0 Å². The van der Waals surface area contributed by atoms with E-state index in [9.17, 15) is 13.0 Å². The van der Waals surface area contributed by atoms with Crippen molar-refractivity contribution >= 4 is 10.1 Å². The number of hydrogen-bond acceptors (Lipinski definition) is 5. The Morgan fingerprint density at radius 3 is 2.18 bits per heavy atom. The van der Waals surface area contributed by atoms with Crippen LogP contribution in [-0.2, 0) is 14.9 Å². The van der Waals surface area contributed by atoms with Crippen molar-refractivity contribution in [2.24, 2.45) is 0 Å². The zero-order valence-corrected chi connectivity index (χ0v) is 14.0. The molecule has 6 nitrogen and oxygen atoms in total. The van der Waals surface area contributed by atoms with Crippen LogP contribution in [0.15, 0.2) is 29.2 Å².